The quantitative estimate of drug-likeness (QED) is 0.729. The summed E-state index contributed by atoms with van der Waals surface area (Å²) in [6, 6.07) is 8.07. The normalized spacial score (nSPS) is 17.9. The number of nitrogens with zero attached hydrogens (tertiary/aromatic N) is 6. The highest BCUT2D eigenvalue weighted by Gasteiger charge is 2.29. The first-order valence-corrected chi connectivity index (χ1v) is 7.85. The van der Waals surface area contributed by atoms with Crippen molar-refractivity contribution in [1.29, 1.82) is 0 Å². The fourth-order valence-electron chi connectivity index (χ4n) is 3.27. The van der Waals surface area contributed by atoms with Crippen LogP contribution in [-0.4, -0.2) is 47.9 Å². The van der Waals surface area contributed by atoms with Gasteiger partial charge < -0.3 is 9.47 Å². The van der Waals surface area contributed by atoms with Gasteiger partial charge in [0.15, 0.2) is 0 Å². The second-order valence-corrected chi connectivity index (χ2v) is 5.87. The molecule has 23 heavy (non-hydrogen) atoms. The predicted octanol–water partition coefficient (Wildman–Crippen LogP) is 1.32. The van der Waals surface area contributed by atoms with Crippen LogP contribution in [0.25, 0.3) is 11.0 Å². The highest BCUT2D eigenvalue weighted by molar-refractivity contribution is 5.80. The maximum atomic E-state index is 12.7. The molecule has 1 fully saturated rings. The molecule has 0 radical (unpaired) electrons. The fourth-order valence-corrected chi connectivity index (χ4v) is 3.27. The minimum absolute atomic E-state index is 0.135. The topological polar surface area (TPSA) is 68.8 Å². The SMILES string of the molecule is O=C(Cn1cnc2ccccc21)N1CCC[C@H]1Cn1ccnn1. The van der Waals surface area contributed by atoms with Gasteiger partial charge in [-0.25, -0.2) is 4.98 Å². The Morgan fingerprint density at radius 1 is 1.30 bits per heavy atom. The summed E-state index contributed by atoms with van der Waals surface area (Å²) in [5.74, 6) is 0.135. The van der Waals surface area contributed by atoms with E-state index in [0.717, 1.165) is 30.4 Å². The number of hydrogen-bond acceptors (Lipinski definition) is 4. The van der Waals surface area contributed by atoms with E-state index in [0.29, 0.717) is 13.1 Å². The van der Waals surface area contributed by atoms with Gasteiger partial charge in [0.05, 0.1) is 36.1 Å². The third-order valence-electron chi connectivity index (χ3n) is 4.40. The first-order valence-electron chi connectivity index (χ1n) is 7.85. The van der Waals surface area contributed by atoms with Crippen LogP contribution in [0.5, 0.6) is 0 Å². The molecule has 0 aliphatic carbocycles. The third-order valence-corrected chi connectivity index (χ3v) is 4.40. The maximum absolute atomic E-state index is 12.7. The number of fused-ring (bicyclic) bond motifs is 1. The summed E-state index contributed by atoms with van der Waals surface area (Å²) in [7, 11) is 0. The number of rotatable bonds is 4. The molecule has 1 amide bonds. The molecule has 3 heterocycles. The van der Waals surface area contributed by atoms with Crippen LogP contribution in [0.15, 0.2) is 43.0 Å². The fraction of sp³-hybridized carbons (Fsp3) is 0.375. The molecular weight excluding hydrogens is 292 g/mol. The largest absolute Gasteiger partial charge is 0.336 e. The van der Waals surface area contributed by atoms with E-state index in [4.69, 9.17) is 0 Å². The van der Waals surface area contributed by atoms with Crippen molar-refractivity contribution in [1.82, 2.24) is 29.4 Å². The Balaban J connectivity index is 1.49. The predicted molar refractivity (Wildman–Crippen MR) is 84.5 cm³/mol. The molecule has 1 aliphatic rings. The number of imidazole rings is 1. The van der Waals surface area contributed by atoms with Crippen molar-refractivity contribution in [3.05, 3.63) is 43.0 Å². The molecule has 0 N–H and O–H groups in total. The zero-order chi connectivity index (χ0) is 15.6. The van der Waals surface area contributed by atoms with Crippen LogP contribution in [-0.2, 0) is 17.9 Å². The maximum Gasteiger partial charge on any atom is 0.242 e. The molecule has 0 saturated carbocycles. The Morgan fingerprint density at radius 2 is 2.22 bits per heavy atom. The summed E-state index contributed by atoms with van der Waals surface area (Å²) in [5.41, 5.74) is 1.91. The van der Waals surface area contributed by atoms with Gasteiger partial charge in [0.1, 0.15) is 6.54 Å². The highest BCUT2D eigenvalue weighted by atomic mass is 16.2. The van der Waals surface area contributed by atoms with E-state index in [9.17, 15) is 4.79 Å². The van der Waals surface area contributed by atoms with Crippen LogP contribution in [0.3, 0.4) is 0 Å². The van der Waals surface area contributed by atoms with Crippen molar-refractivity contribution in [3.63, 3.8) is 0 Å². The number of carbonyl (C=O) groups excluding carboxylic acids is 1. The van der Waals surface area contributed by atoms with E-state index in [1.54, 1.807) is 17.2 Å². The zero-order valence-corrected chi connectivity index (χ0v) is 12.7. The van der Waals surface area contributed by atoms with Gasteiger partial charge in [0.25, 0.3) is 0 Å². The Kier molecular flexibility index (Phi) is 3.53. The summed E-state index contributed by atoms with van der Waals surface area (Å²) < 4.78 is 3.71. The molecule has 7 nitrogen and oxygen atoms in total. The molecule has 1 aliphatic heterocycles. The molecule has 0 bridgehead atoms. The molecular formula is C16H18N6O. The molecule has 1 saturated heterocycles. The van der Waals surface area contributed by atoms with E-state index >= 15 is 0 Å². The van der Waals surface area contributed by atoms with Crippen LogP contribution < -0.4 is 0 Å². The van der Waals surface area contributed by atoms with Gasteiger partial charge in [-0.15, -0.1) is 5.10 Å². The van der Waals surface area contributed by atoms with Crippen LogP contribution in [0.4, 0.5) is 0 Å². The third kappa shape index (κ3) is 2.69. The summed E-state index contributed by atoms with van der Waals surface area (Å²) >= 11 is 0. The van der Waals surface area contributed by atoms with E-state index in [2.05, 4.69) is 15.3 Å². The van der Waals surface area contributed by atoms with Gasteiger partial charge in [0, 0.05) is 12.7 Å². The first kappa shape index (κ1) is 13.9. The van der Waals surface area contributed by atoms with E-state index in [1.807, 2.05) is 39.9 Å². The second kappa shape index (κ2) is 5.83. The average molecular weight is 310 g/mol. The van der Waals surface area contributed by atoms with Crippen molar-refractivity contribution < 1.29 is 4.79 Å². The number of para-hydroxylation sites is 2. The lowest BCUT2D eigenvalue weighted by atomic mass is 10.2. The Bertz CT molecular complexity index is 809. The van der Waals surface area contributed by atoms with Gasteiger partial charge in [-0.1, -0.05) is 17.3 Å². The molecule has 4 rings (SSSR count). The lowest BCUT2D eigenvalue weighted by Crippen LogP contribution is -2.40. The Morgan fingerprint density at radius 3 is 3.09 bits per heavy atom. The highest BCUT2D eigenvalue weighted by Crippen LogP contribution is 2.20. The monoisotopic (exact) mass is 310 g/mol. The van der Waals surface area contributed by atoms with Gasteiger partial charge in [-0.2, -0.15) is 0 Å². The minimum atomic E-state index is 0.135. The molecule has 0 unspecified atom stereocenters. The van der Waals surface area contributed by atoms with Crippen molar-refractivity contribution >= 4 is 16.9 Å². The second-order valence-electron chi connectivity index (χ2n) is 5.87. The average Bonchev–Trinajstić information content (AvgIpc) is 3.29. The molecule has 2 aromatic heterocycles. The molecule has 0 spiro atoms. The van der Waals surface area contributed by atoms with E-state index < -0.39 is 0 Å². The molecule has 3 aromatic rings. The van der Waals surface area contributed by atoms with Gasteiger partial charge in [0.2, 0.25) is 5.91 Å². The van der Waals surface area contributed by atoms with Crippen molar-refractivity contribution in [3.8, 4) is 0 Å². The lowest BCUT2D eigenvalue weighted by Gasteiger charge is -2.24. The lowest BCUT2D eigenvalue weighted by molar-refractivity contribution is -0.132. The van der Waals surface area contributed by atoms with Crippen molar-refractivity contribution in [2.75, 3.05) is 6.54 Å². The van der Waals surface area contributed by atoms with Gasteiger partial charge >= 0.3 is 0 Å². The number of hydrogen-bond donors (Lipinski definition) is 0. The summed E-state index contributed by atoms with van der Waals surface area (Å²) in [6.07, 6.45) is 7.29. The van der Waals surface area contributed by atoms with Crippen LogP contribution in [0, 0.1) is 0 Å². The number of amides is 1. The van der Waals surface area contributed by atoms with Crippen LogP contribution >= 0.6 is 0 Å². The molecule has 1 atom stereocenters. The van der Waals surface area contributed by atoms with E-state index in [-0.39, 0.29) is 11.9 Å². The number of benzene rings is 1. The zero-order valence-electron chi connectivity index (χ0n) is 12.7. The standard InChI is InChI=1S/C16H18N6O/c23-16(11-20-12-17-14-5-1-2-6-15(14)20)22-8-3-4-13(22)10-21-9-7-18-19-21/h1-2,5-7,9,12-13H,3-4,8,10-11H2/t13-/m0/s1. The molecule has 7 heteroatoms. The van der Waals surface area contributed by atoms with E-state index in [1.165, 1.54) is 0 Å². The number of aromatic nitrogens is 5. The number of likely N-dealkylation sites (tertiary alicyclic amines) is 1. The first-order chi connectivity index (χ1) is 11.3. The van der Waals surface area contributed by atoms with Crippen molar-refractivity contribution in [2.24, 2.45) is 0 Å². The smallest absolute Gasteiger partial charge is 0.242 e. The van der Waals surface area contributed by atoms with Crippen LogP contribution in [0.1, 0.15) is 12.8 Å². The minimum Gasteiger partial charge on any atom is -0.336 e. The Labute approximate surface area is 133 Å². The summed E-state index contributed by atoms with van der Waals surface area (Å²) in [4.78, 5) is 19.0. The summed E-state index contributed by atoms with van der Waals surface area (Å²) in [6.45, 7) is 1.84. The molecule has 118 valence electrons. The summed E-state index contributed by atoms with van der Waals surface area (Å²) in [5, 5.41) is 7.83. The molecule has 1 aromatic carbocycles. The number of carbonyl (C=O) groups is 1. The van der Waals surface area contributed by atoms with Crippen molar-refractivity contribution in [2.45, 2.75) is 32.0 Å². The van der Waals surface area contributed by atoms with Crippen LogP contribution in [0.2, 0.25) is 0 Å². The Hall–Kier alpha value is -2.70. The van der Waals surface area contributed by atoms with Gasteiger partial charge in [-0.3, -0.25) is 9.48 Å². The van der Waals surface area contributed by atoms with Gasteiger partial charge in [-0.05, 0) is 25.0 Å².